The van der Waals surface area contributed by atoms with Crippen molar-refractivity contribution < 1.29 is 28.7 Å². The Labute approximate surface area is 159 Å². The number of nitrogens with zero attached hydrogens (tertiary/aromatic N) is 1. The number of nitrogens with one attached hydrogen (secondary N) is 1. The zero-order valence-electron chi connectivity index (χ0n) is 14.8. The Hall–Kier alpha value is -3.88. The third kappa shape index (κ3) is 4.64. The first-order chi connectivity index (χ1) is 13.4. The molecule has 2 aromatic rings. The van der Waals surface area contributed by atoms with E-state index in [1.54, 1.807) is 18.2 Å². The highest BCUT2D eigenvalue weighted by molar-refractivity contribution is 5.96. The van der Waals surface area contributed by atoms with Crippen molar-refractivity contribution >= 4 is 29.3 Å². The van der Waals surface area contributed by atoms with Gasteiger partial charge >= 0.3 is 5.97 Å². The molecule has 9 heteroatoms. The average molecular weight is 384 g/mol. The van der Waals surface area contributed by atoms with Gasteiger partial charge in [-0.1, -0.05) is 0 Å². The van der Waals surface area contributed by atoms with Crippen LogP contribution in [0.15, 0.2) is 48.5 Å². The standard InChI is InChI=1S/C19H16N2O7/c1-12(19(23)20-14-5-8-16-17(10-14)27-11-26-16)28-18(22)9-4-13-2-6-15(7-3-13)21(24)25/h2-10,12H,11H2,1H3,(H,20,23)/b9-4+/t12-/m0/s1. The second-order valence-corrected chi connectivity index (χ2v) is 5.82. The number of ether oxygens (including phenoxy) is 3. The summed E-state index contributed by atoms with van der Waals surface area (Å²) in [4.78, 5) is 34.2. The van der Waals surface area contributed by atoms with E-state index in [4.69, 9.17) is 14.2 Å². The van der Waals surface area contributed by atoms with Gasteiger partial charge in [0.15, 0.2) is 17.6 Å². The van der Waals surface area contributed by atoms with Gasteiger partial charge in [0, 0.05) is 30.0 Å². The van der Waals surface area contributed by atoms with E-state index in [0.717, 1.165) is 6.08 Å². The van der Waals surface area contributed by atoms with Gasteiger partial charge in [0.1, 0.15) is 0 Å². The number of benzene rings is 2. The number of anilines is 1. The maximum absolute atomic E-state index is 12.2. The summed E-state index contributed by atoms with van der Waals surface area (Å²) in [5.74, 6) is -0.107. The molecule has 1 atom stereocenters. The summed E-state index contributed by atoms with van der Waals surface area (Å²) in [6.45, 7) is 1.57. The van der Waals surface area contributed by atoms with Crippen LogP contribution in [-0.4, -0.2) is 29.7 Å². The predicted molar refractivity (Wildman–Crippen MR) is 98.9 cm³/mol. The van der Waals surface area contributed by atoms with Crippen molar-refractivity contribution in [3.63, 3.8) is 0 Å². The number of carbonyl (C=O) groups excluding carboxylic acids is 2. The second kappa shape index (κ2) is 8.21. The lowest BCUT2D eigenvalue weighted by molar-refractivity contribution is -0.384. The van der Waals surface area contributed by atoms with Crippen LogP contribution >= 0.6 is 0 Å². The van der Waals surface area contributed by atoms with E-state index in [9.17, 15) is 19.7 Å². The molecule has 0 bridgehead atoms. The van der Waals surface area contributed by atoms with E-state index in [1.807, 2.05) is 0 Å². The quantitative estimate of drug-likeness (QED) is 0.352. The zero-order chi connectivity index (χ0) is 20.1. The zero-order valence-corrected chi connectivity index (χ0v) is 14.8. The molecule has 0 spiro atoms. The number of hydrogen-bond acceptors (Lipinski definition) is 7. The molecule has 2 aromatic carbocycles. The van der Waals surface area contributed by atoms with E-state index in [0.29, 0.717) is 22.7 Å². The van der Waals surface area contributed by atoms with Crippen LogP contribution in [0.25, 0.3) is 6.08 Å². The van der Waals surface area contributed by atoms with Gasteiger partial charge < -0.3 is 19.5 Å². The Bertz CT molecular complexity index is 938. The fraction of sp³-hybridized carbons (Fsp3) is 0.158. The lowest BCUT2D eigenvalue weighted by Gasteiger charge is -2.12. The van der Waals surface area contributed by atoms with Crippen molar-refractivity contribution in [1.82, 2.24) is 0 Å². The fourth-order valence-electron chi connectivity index (χ4n) is 2.36. The first kappa shape index (κ1) is 18.9. The van der Waals surface area contributed by atoms with E-state index in [-0.39, 0.29) is 12.5 Å². The van der Waals surface area contributed by atoms with E-state index >= 15 is 0 Å². The molecule has 0 unspecified atom stereocenters. The smallest absolute Gasteiger partial charge is 0.331 e. The maximum Gasteiger partial charge on any atom is 0.331 e. The molecule has 144 valence electrons. The first-order valence-corrected chi connectivity index (χ1v) is 8.26. The van der Waals surface area contributed by atoms with Crippen molar-refractivity contribution in [1.29, 1.82) is 0 Å². The SMILES string of the molecule is C[C@H](OC(=O)/C=C/c1ccc([N+](=O)[O-])cc1)C(=O)Nc1ccc2c(c1)OCO2. The molecule has 0 saturated carbocycles. The van der Waals surface area contributed by atoms with Gasteiger partial charge in [-0.15, -0.1) is 0 Å². The normalized spacial score (nSPS) is 13.2. The molecule has 1 N–H and O–H groups in total. The molecule has 1 amide bonds. The minimum Gasteiger partial charge on any atom is -0.454 e. The molecule has 9 nitrogen and oxygen atoms in total. The highest BCUT2D eigenvalue weighted by Gasteiger charge is 2.19. The van der Waals surface area contributed by atoms with E-state index in [1.165, 1.54) is 37.3 Å². The van der Waals surface area contributed by atoms with Crippen LogP contribution in [-0.2, 0) is 14.3 Å². The summed E-state index contributed by atoms with van der Waals surface area (Å²) in [5, 5.41) is 13.2. The molecule has 0 aromatic heterocycles. The predicted octanol–water partition coefficient (Wildman–Crippen LogP) is 2.91. The number of non-ortho nitro benzene ring substituents is 1. The molecular weight excluding hydrogens is 368 g/mol. The fourth-order valence-corrected chi connectivity index (χ4v) is 2.36. The Kier molecular flexibility index (Phi) is 5.54. The summed E-state index contributed by atoms with van der Waals surface area (Å²) in [7, 11) is 0. The minimum atomic E-state index is -1.03. The van der Waals surface area contributed by atoms with Crippen LogP contribution in [0.3, 0.4) is 0 Å². The molecular formula is C19H16N2O7. The van der Waals surface area contributed by atoms with Crippen molar-refractivity contribution in [2.75, 3.05) is 12.1 Å². The highest BCUT2D eigenvalue weighted by Crippen LogP contribution is 2.34. The van der Waals surface area contributed by atoms with Gasteiger partial charge in [-0.05, 0) is 42.8 Å². The average Bonchev–Trinajstić information content (AvgIpc) is 3.14. The van der Waals surface area contributed by atoms with Gasteiger partial charge in [-0.25, -0.2) is 4.79 Å². The second-order valence-electron chi connectivity index (χ2n) is 5.82. The Morgan fingerprint density at radius 2 is 1.89 bits per heavy atom. The van der Waals surface area contributed by atoms with Crippen molar-refractivity contribution in [3.05, 3.63) is 64.2 Å². The number of rotatable bonds is 6. The molecule has 3 rings (SSSR count). The first-order valence-electron chi connectivity index (χ1n) is 8.26. The highest BCUT2D eigenvalue weighted by atomic mass is 16.7. The number of hydrogen-bond donors (Lipinski definition) is 1. The van der Waals surface area contributed by atoms with Crippen molar-refractivity contribution in [2.45, 2.75) is 13.0 Å². The summed E-state index contributed by atoms with van der Waals surface area (Å²) in [6, 6.07) is 10.6. The number of fused-ring (bicyclic) bond motifs is 1. The van der Waals surface area contributed by atoms with E-state index in [2.05, 4.69) is 5.32 Å². The number of amides is 1. The van der Waals surface area contributed by atoms with Crippen molar-refractivity contribution in [2.24, 2.45) is 0 Å². The van der Waals surface area contributed by atoms with Gasteiger partial charge in [0.05, 0.1) is 4.92 Å². The Morgan fingerprint density at radius 1 is 1.18 bits per heavy atom. The van der Waals surface area contributed by atoms with Crippen LogP contribution in [0.5, 0.6) is 11.5 Å². The lowest BCUT2D eigenvalue weighted by Crippen LogP contribution is -2.29. The molecule has 1 aliphatic rings. The topological polar surface area (TPSA) is 117 Å². The number of esters is 1. The summed E-state index contributed by atoms with van der Waals surface area (Å²) in [6.07, 6.45) is 1.56. The molecule has 0 aliphatic carbocycles. The van der Waals surface area contributed by atoms with Crippen LogP contribution < -0.4 is 14.8 Å². The van der Waals surface area contributed by atoms with Crippen LogP contribution in [0.1, 0.15) is 12.5 Å². The Balaban J connectivity index is 1.53. The van der Waals surface area contributed by atoms with Gasteiger partial charge in [0.2, 0.25) is 6.79 Å². The molecule has 28 heavy (non-hydrogen) atoms. The molecule has 0 radical (unpaired) electrons. The van der Waals surface area contributed by atoms with Crippen molar-refractivity contribution in [3.8, 4) is 11.5 Å². The number of nitro groups is 1. The van der Waals surface area contributed by atoms with Gasteiger partial charge in [-0.3, -0.25) is 14.9 Å². The molecule has 1 aliphatic heterocycles. The van der Waals surface area contributed by atoms with E-state index < -0.39 is 22.9 Å². The monoisotopic (exact) mass is 384 g/mol. The van der Waals surface area contributed by atoms with Crippen LogP contribution in [0, 0.1) is 10.1 Å². The Morgan fingerprint density at radius 3 is 2.61 bits per heavy atom. The summed E-state index contributed by atoms with van der Waals surface area (Å²) >= 11 is 0. The molecule has 0 saturated heterocycles. The lowest BCUT2D eigenvalue weighted by atomic mass is 10.2. The third-order valence-electron chi connectivity index (χ3n) is 3.82. The summed E-state index contributed by atoms with van der Waals surface area (Å²) < 4.78 is 15.5. The number of nitro benzene ring substituents is 1. The largest absolute Gasteiger partial charge is 0.454 e. The van der Waals surface area contributed by atoms with Crippen LogP contribution in [0.2, 0.25) is 0 Å². The molecule has 0 fully saturated rings. The number of carbonyl (C=O) groups is 2. The molecule has 1 heterocycles. The minimum absolute atomic E-state index is 0.0477. The third-order valence-corrected chi connectivity index (χ3v) is 3.82. The van der Waals surface area contributed by atoms with Gasteiger partial charge in [0.25, 0.3) is 11.6 Å². The van der Waals surface area contributed by atoms with Gasteiger partial charge in [-0.2, -0.15) is 0 Å². The van der Waals surface area contributed by atoms with Crippen LogP contribution in [0.4, 0.5) is 11.4 Å². The maximum atomic E-state index is 12.2. The summed E-state index contributed by atoms with van der Waals surface area (Å²) in [5.41, 5.74) is 1.02.